The van der Waals surface area contributed by atoms with E-state index in [0.29, 0.717) is 18.2 Å². The van der Waals surface area contributed by atoms with Gasteiger partial charge in [-0.25, -0.2) is 4.98 Å². The van der Waals surface area contributed by atoms with E-state index in [2.05, 4.69) is 37.6 Å². The highest BCUT2D eigenvalue weighted by molar-refractivity contribution is 7.80. The Kier molecular flexibility index (Phi) is 9.23. The van der Waals surface area contributed by atoms with Crippen LogP contribution >= 0.6 is 23.6 Å². The van der Waals surface area contributed by atoms with E-state index in [1.54, 1.807) is 19.2 Å². The largest absolute Gasteiger partial charge is 0.466 e. The van der Waals surface area contributed by atoms with E-state index < -0.39 is 0 Å². The zero-order chi connectivity index (χ0) is 24.7. The van der Waals surface area contributed by atoms with Gasteiger partial charge in [0.05, 0.1) is 18.0 Å². The maximum absolute atomic E-state index is 12.5. The van der Waals surface area contributed by atoms with Gasteiger partial charge in [0.2, 0.25) is 0 Å². The lowest BCUT2D eigenvalue weighted by atomic mass is 9.98. The van der Waals surface area contributed by atoms with Gasteiger partial charge in [-0.1, -0.05) is 0 Å². The Morgan fingerprint density at radius 1 is 1.26 bits per heavy atom. The van der Waals surface area contributed by atoms with Gasteiger partial charge in [-0.05, 0) is 63.2 Å². The molecular weight excluding hydrogens is 470 g/mol. The monoisotopic (exact) mass is 503 g/mol. The van der Waals surface area contributed by atoms with Gasteiger partial charge in [-0.15, -0.1) is 11.3 Å². The molecule has 0 saturated carbocycles. The van der Waals surface area contributed by atoms with Crippen LogP contribution in [-0.2, 0) is 9.53 Å². The summed E-state index contributed by atoms with van der Waals surface area (Å²) in [6.45, 7) is 5.55. The average molecular weight is 504 g/mol. The topological polar surface area (TPSA) is 86.8 Å². The van der Waals surface area contributed by atoms with Gasteiger partial charge in [0, 0.05) is 55.9 Å². The summed E-state index contributed by atoms with van der Waals surface area (Å²) in [5.74, 6) is -0.275. The Balaban J connectivity index is 1.47. The Labute approximate surface area is 210 Å². The van der Waals surface area contributed by atoms with E-state index in [1.165, 1.54) is 11.3 Å². The Morgan fingerprint density at radius 3 is 2.56 bits per heavy atom. The summed E-state index contributed by atoms with van der Waals surface area (Å²) >= 11 is 7.14. The summed E-state index contributed by atoms with van der Waals surface area (Å²) < 4.78 is 4.93. The predicted molar refractivity (Wildman–Crippen MR) is 141 cm³/mol. The number of benzene rings is 1. The third kappa shape index (κ3) is 7.14. The predicted octanol–water partition coefficient (Wildman–Crippen LogP) is 3.86. The molecule has 0 bridgehead atoms. The first-order valence-corrected chi connectivity index (χ1v) is 12.8. The zero-order valence-corrected chi connectivity index (χ0v) is 21.8. The molecule has 184 valence electrons. The number of carbonyl (C=O) groups excluding carboxylic acids is 2. The third-order valence-electron chi connectivity index (χ3n) is 5.68. The van der Waals surface area contributed by atoms with Crippen LogP contribution in [0.25, 0.3) is 0 Å². The van der Waals surface area contributed by atoms with Gasteiger partial charge < -0.3 is 25.2 Å². The first-order valence-electron chi connectivity index (χ1n) is 11.5. The molecule has 3 rings (SSSR count). The van der Waals surface area contributed by atoms with Crippen LogP contribution < -0.4 is 15.5 Å². The number of hydrogen-bond donors (Lipinski definition) is 2. The van der Waals surface area contributed by atoms with Crippen LogP contribution in [0, 0.1) is 0 Å². The molecule has 1 fully saturated rings. The quantitative estimate of drug-likeness (QED) is 0.415. The summed E-state index contributed by atoms with van der Waals surface area (Å²) in [6, 6.07) is 7.87. The number of nitrogens with one attached hydrogen (secondary N) is 2. The van der Waals surface area contributed by atoms with Gasteiger partial charge >= 0.3 is 5.97 Å². The molecule has 1 aromatic carbocycles. The van der Waals surface area contributed by atoms with Gasteiger partial charge in [-0.3, -0.25) is 9.59 Å². The van der Waals surface area contributed by atoms with Gasteiger partial charge in [0.1, 0.15) is 5.69 Å². The maximum Gasteiger partial charge on any atom is 0.307 e. The van der Waals surface area contributed by atoms with Crippen LogP contribution in [0.1, 0.15) is 54.5 Å². The first kappa shape index (κ1) is 25.9. The second kappa shape index (κ2) is 12.1. The van der Waals surface area contributed by atoms with Crippen molar-refractivity contribution >= 4 is 51.9 Å². The number of aromatic nitrogens is 1. The van der Waals surface area contributed by atoms with Crippen molar-refractivity contribution < 1.29 is 14.3 Å². The summed E-state index contributed by atoms with van der Waals surface area (Å²) in [5.41, 5.74) is 2.52. The van der Waals surface area contributed by atoms with Crippen LogP contribution in [0.2, 0.25) is 0 Å². The molecule has 0 aliphatic carbocycles. The van der Waals surface area contributed by atoms with Gasteiger partial charge in [-0.2, -0.15) is 0 Å². The van der Waals surface area contributed by atoms with Gasteiger partial charge in [0.25, 0.3) is 5.91 Å². The molecule has 2 heterocycles. The standard InChI is InChI=1S/C24H33N5O3S2/c1-5-32-21(30)14-16(2)25-22(31)20-15-34-23(27-20)17-10-12-29(13-11-17)24(33)26-18-6-8-19(9-7-18)28(3)4/h6-9,15-17H,5,10-14H2,1-4H3,(H,25,31)(H,26,33). The van der Waals surface area contributed by atoms with E-state index in [-0.39, 0.29) is 24.3 Å². The lowest BCUT2D eigenvalue weighted by Gasteiger charge is -2.33. The normalized spacial score (nSPS) is 14.9. The molecule has 1 aliphatic rings. The van der Waals surface area contributed by atoms with Crippen molar-refractivity contribution in [3.8, 4) is 0 Å². The number of esters is 1. The van der Waals surface area contributed by atoms with E-state index in [4.69, 9.17) is 17.0 Å². The van der Waals surface area contributed by atoms with Crippen molar-refractivity contribution in [2.45, 2.75) is 45.1 Å². The minimum absolute atomic E-state index is 0.142. The summed E-state index contributed by atoms with van der Waals surface area (Å²) in [4.78, 5) is 32.9. The highest BCUT2D eigenvalue weighted by atomic mass is 32.1. The van der Waals surface area contributed by atoms with E-state index in [1.807, 2.05) is 26.2 Å². The number of thiazole rings is 1. The summed E-state index contributed by atoms with van der Waals surface area (Å²) in [5, 5.41) is 9.65. The summed E-state index contributed by atoms with van der Waals surface area (Å²) in [7, 11) is 4.03. The molecule has 10 heteroatoms. The Bertz CT molecular complexity index is 985. The van der Waals surface area contributed by atoms with Crippen molar-refractivity contribution in [3.63, 3.8) is 0 Å². The zero-order valence-electron chi connectivity index (χ0n) is 20.2. The number of nitrogens with zero attached hydrogens (tertiary/aromatic N) is 3. The molecule has 0 radical (unpaired) electrons. The van der Waals surface area contributed by atoms with E-state index >= 15 is 0 Å². The van der Waals surface area contributed by atoms with Crippen molar-refractivity contribution in [1.82, 2.24) is 15.2 Å². The van der Waals surface area contributed by atoms with Crippen LogP contribution in [0.4, 0.5) is 11.4 Å². The molecule has 2 N–H and O–H groups in total. The molecule has 1 atom stereocenters. The number of amides is 1. The van der Waals surface area contributed by atoms with E-state index in [0.717, 1.165) is 47.4 Å². The molecule has 34 heavy (non-hydrogen) atoms. The minimum atomic E-state index is -0.320. The number of piperidine rings is 1. The van der Waals surface area contributed by atoms with Crippen LogP contribution in [0.5, 0.6) is 0 Å². The van der Waals surface area contributed by atoms with Crippen molar-refractivity contribution in [3.05, 3.63) is 40.3 Å². The number of hydrogen-bond acceptors (Lipinski definition) is 7. The van der Waals surface area contributed by atoms with Gasteiger partial charge in [0.15, 0.2) is 5.11 Å². The van der Waals surface area contributed by atoms with Crippen molar-refractivity contribution in [2.24, 2.45) is 0 Å². The molecule has 2 aromatic rings. The molecule has 1 saturated heterocycles. The number of likely N-dealkylation sites (tertiary alicyclic amines) is 1. The Morgan fingerprint density at radius 2 is 1.94 bits per heavy atom. The van der Waals surface area contributed by atoms with Crippen molar-refractivity contribution in [2.75, 3.05) is 44.0 Å². The molecular formula is C24H33N5O3S2. The number of ether oxygens (including phenoxy) is 1. The third-order valence-corrected chi connectivity index (χ3v) is 7.04. The molecule has 1 aromatic heterocycles. The smallest absolute Gasteiger partial charge is 0.307 e. The van der Waals surface area contributed by atoms with Crippen LogP contribution in [0.3, 0.4) is 0 Å². The Hall–Kier alpha value is -2.72. The SMILES string of the molecule is CCOC(=O)CC(C)NC(=O)c1csc(C2CCN(C(=S)Nc3ccc(N(C)C)cc3)CC2)n1. The fourth-order valence-corrected chi connectivity index (χ4v) is 5.04. The minimum Gasteiger partial charge on any atom is -0.466 e. The highest BCUT2D eigenvalue weighted by Gasteiger charge is 2.25. The fourth-order valence-electron chi connectivity index (χ4n) is 3.77. The number of anilines is 2. The molecule has 1 aliphatic heterocycles. The molecule has 1 unspecified atom stereocenters. The lowest BCUT2D eigenvalue weighted by molar-refractivity contribution is -0.143. The van der Waals surface area contributed by atoms with Crippen LogP contribution in [-0.4, -0.2) is 66.7 Å². The average Bonchev–Trinajstić information content (AvgIpc) is 3.30. The number of rotatable bonds is 8. The first-order chi connectivity index (χ1) is 16.3. The molecule has 0 spiro atoms. The second-order valence-corrected chi connectivity index (χ2v) is 9.86. The fraction of sp³-hybridized carbons (Fsp3) is 0.500. The maximum atomic E-state index is 12.5. The molecule has 1 amide bonds. The van der Waals surface area contributed by atoms with Crippen LogP contribution in [0.15, 0.2) is 29.6 Å². The summed E-state index contributed by atoms with van der Waals surface area (Å²) in [6.07, 6.45) is 1.99. The number of thiocarbonyl (C=S) groups is 1. The highest BCUT2D eigenvalue weighted by Crippen LogP contribution is 2.30. The number of carbonyl (C=O) groups is 2. The molecule has 8 nitrogen and oxygen atoms in total. The lowest BCUT2D eigenvalue weighted by Crippen LogP contribution is -2.40. The van der Waals surface area contributed by atoms with Crippen molar-refractivity contribution in [1.29, 1.82) is 0 Å². The van der Waals surface area contributed by atoms with E-state index in [9.17, 15) is 9.59 Å². The second-order valence-electron chi connectivity index (χ2n) is 8.59.